The van der Waals surface area contributed by atoms with E-state index in [9.17, 15) is 0 Å². The SMILES string of the molecule is COCCNc1cc(N)nc2cc(-c3ccn[nH]3)sc12.Cl. The second-order valence-corrected chi connectivity index (χ2v) is 5.36. The summed E-state index contributed by atoms with van der Waals surface area (Å²) in [6.45, 7) is 1.37. The minimum atomic E-state index is 0. The number of hydrogen-bond donors (Lipinski definition) is 3. The van der Waals surface area contributed by atoms with Gasteiger partial charge < -0.3 is 15.8 Å². The molecule has 0 amide bonds. The highest BCUT2D eigenvalue weighted by atomic mass is 35.5. The van der Waals surface area contributed by atoms with Crippen LogP contribution in [0.5, 0.6) is 0 Å². The highest BCUT2D eigenvalue weighted by Crippen LogP contribution is 2.36. The Morgan fingerprint density at radius 3 is 3.00 bits per heavy atom. The lowest BCUT2D eigenvalue weighted by molar-refractivity contribution is 0.211. The summed E-state index contributed by atoms with van der Waals surface area (Å²) in [6, 6.07) is 5.81. The van der Waals surface area contributed by atoms with E-state index >= 15 is 0 Å². The van der Waals surface area contributed by atoms with Crippen LogP contribution in [0.3, 0.4) is 0 Å². The van der Waals surface area contributed by atoms with E-state index in [4.69, 9.17) is 10.5 Å². The second-order valence-electron chi connectivity index (χ2n) is 4.31. The lowest BCUT2D eigenvalue weighted by Gasteiger charge is -2.07. The van der Waals surface area contributed by atoms with Gasteiger partial charge in [0.15, 0.2) is 0 Å². The molecular weight excluding hydrogens is 310 g/mol. The smallest absolute Gasteiger partial charge is 0.126 e. The van der Waals surface area contributed by atoms with Gasteiger partial charge in [0, 0.05) is 25.9 Å². The van der Waals surface area contributed by atoms with Crippen molar-refractivity contribution in [3.05, 3.63) is 24.4 Å². The molecule has 112 valence electrons. The quantitative estimate of drug-likeness (QED) is 0.628. The van der Waals surface area contributed by atoms with E-state index in [0.29, 0.717) is 12.4 Å². The Bertz CT molecular complexity index is 713. The van der Waals surface area contributed by atoms with E-state index in [1.165, 1.54) is 0 Å². The Morgan fingerprint density at radius 2 is 2.29 bits per heavy atom. The Hall–Kier alpha value is -1.83. The van der Waals surface area contributed by atoms with Gasteiger partial charge in [-0.1, -0.05) is 0 Å². The Balaban J connectivity index is 0.00000161. The normalized spacial score (nSPS) is 10.5. The molecule has 0 bridgehead atoms. The third-order valence-corrected chi connectivity index (χ3v) is 4.08. The lowest BCUT2D eigenvalue weighted by atomic mass is 10.3. The number of aromatic nitrogens is 3. The molecule has 3 rings (SSSR count). The minimum Gasteiger partial charge on any atom is -0.384 e. The molecule has 0 unspecified atom stereocenters. The molecule has 0 saturated carbocycles. The van der Waals surface area contributed by atoms with Gasteiger partial charge in [0.25, 0.3) is 0 Å². The lowest BCUT2D eigenvalue weighted by Crippen LogP contribution is -2.08. The number of hydrogen-bond acceptors (Lipinski definition) is 6. The number of nitrogens with two attached hydrogens (primary N) is 1. The van der Waals surface area contributed by atoms with Crippen LogP contribution in [-0.4, -0.2) is 35.4 Å². The molecule has 0 aliphatic rings. The molecule has 6 nitrogen and oxygen atoms in total. The molecule has 0 atom stereocenters. The number of nitrogen functional groups attached to an aromatic ring is 1. The van der Waals surface area contributed by atoms with Crippen molar-refractivity contribution in [2.24, 2.45) is 0 Å². The maximum absolute atomic E-state index is 5.86. The number of nitrogens with zero attached hydrogens (tertiary/aromatic N) is 2. The zero-order valence-electron chi connectivity index (χ0n) is 11.4. The second kappa shape index (κ2) is 6.75. The van der Waals surface area contributed by atoms with Gasteiger partial charge in [-0.25, -0.2) is 4.98 Å². The molecule has 0 fully saturated rings. The van der Waals surface area contributed by atoms with Crippen LogP contribution in [0.4, 0.5) is 11.5 Å². The van der Waals surface area contributed by atoms with E-state index in [-0.39, 0.29) is 12.4 Å². The van der Waals surface area contributed by atoms with Crippen LogP contribution < -0.4 is 11.1 Å². The first-order valence-corrected chi connectivity index (χ1v) is 7.02. The summed E-state index contributed by atoms with van der Waals surface area (Å²) in [5.41, 5.74) is 8.71. The van der Waals surface area contributed by atoms with Gasteiger partial charge in [-0.3, -0.25) is 5.10 Å². The first-order valence-electron chi connectivity index (χ1n) is 6.20. The van der Waals surface area contributed by atoms with Gasteiger partial charge in [-0.15, -0.1) is 23.7 Å². The van der Waals surface area contributed by atoms with Gasteiger partial charge in [0.2, 0.25) is 0 Å². The fraction of sp³-hybridized carbons (Fsp3) is 0.231. The number of aromatic amines is 1. The van der Waals surface area contributed by atoms with Crippen molar-refractivity contribution in [2.75, 3.05) is 31.3 Å². The molecule has 8 heteroatoms. The van der Waals surface area contributed by atoms with Crippen LogP contribution in [0.15, 0.2) is 24.4 Å². The zero-order chi connectivity index (χ0) is 13.9. The summed E-state index contributed by atoms with van der Waals surface area (Å²) in [5.74, 6) is 0.506. The van der Waals surface area contributed by atoms with Crippen molar-refractivity contribution >= 4 is 45.5 Å². The van der Waals surface area contributed by atoms with E-state index in [1.54, 1.807) is 24.6 Å². The van der Waals surface area contributed by atoms with Crippen LogP contribution in [0.1, 0.15) is 0 Å². The largest absolute Gasteiger partial charge is 0.384 e. The monoisotopic (exact) mass is 325 g/mol. The standard InChI is InChI=1S/C13H15N5OS.ClH/c1-19-5-4-15-9-7-12(14)17-10-6-11(20-13(9)10)8-2-3-16-18-8;/h2-3,6-7H,4-5H2,1H3,(H,16,18)(H3,14,15,17);1H. The van der Waals surface area contributed by atoms with Gasteiger partial charge in [0.1, 0.15) is 5.82 Å². The first-order chi connectivity index (χ1) is 9.78. The molecule has 3 aromatic rings. The van der Waals surface area contributed by atoms with Gasteiger partial charge in [-0.2, -0.15) is 5.10 Å². The molecule has 0 aliphatic carbocycles. The number of ether oxygens (including phenoxy) is 1. The van der Waals surface area contributed by atoms with Crippen LogP contribution in [-0.2, 0) is 4.74 Å². The summed E-state index contributed by atoms with van der Waals surface area (Å²) in [6.07, 6.45) is 1.74. The minimum absolute atomic E-state index is 0. The van der Waals surface area contributed by atoms with Crippen molar-refractivity contribution in [1.29, 1.82) is 0 Å². The summed E-state index contributed by atoms with van der Waals surface area (Å²) < 4.78 is 6.13. The average Bonchev–Trinajstić information content (AvgIpc) is 3.06. The predicted molar refractivity (Wildman–Crippen MR) is 89.2 cm³/mol. The van der Waals surface area contributed by atoms with Crippen molar-refractivity contribution in [3.63, 3.8) is 0 Å². The average molecular weight is 326 g/mol. The van der Waals surface area contributed by atoms with Gasteiger partial charge >= 0.3 is 0 Å². The number of pyridine rings is 1. The van der Waals surface area contributed by atoms with Crippen LogP contribution in [0, 0.1) is 0 Å². The molecule has 0 saturated heterocycles. The van der Waals surface area contributed by atoms with Crippen LogP contribution in [0.25, 0.3) is 20.8 Å². The van der Waals surface area contributed by atoms with E-state index in [0.717, 1.165) is 33.0 Å². The third kappa shape index (κ3) is 3.26. The number of rotatable bonds is 5. The predicted octanol–water partition coefficient (Wildman–Crippen LogP) is 2.75. The number of nitrogens with one attached hydrogen (secondary N) is 2. The van der Waals surface area contributed by atoms with Gasteiger partial charge in [0.05, 0.1) is 33.1 Å². The van der Waals surface area contributed by atoms with E-state index in [2.05, 4.69) is 20.5 Å². The highest BCUT2D eigenvalue weighted by Gasteiger charge is 2.11. The Labute approximate surface area is 132 Å². The van der Waals surface area contributed by atoms with Crippen molar-refractivity contribution in [2.45, 2.75) is 0 Å². The highest BCUT2D eigenvalue weighted by molar-refractivity contribution is 7.22. The molecular formula is C13H16ClN5OS. The maximum atomic E-state index is 5.86. The zero-order valence-corrected chi connectivity index (χ0v) is 13.1. The Kier molecular flexibility index (Phi) is 5.00. The molecule has 0 radical (unpaired) electrons. The number of thiophene rings is 1. The van der Waals surface area contributed by atoms with Crippen molar-refractivity contribution in [1.82, 2.24) is 15.2 Å². The van der Waals surface area contributed by atoms with E-state index < -0.39 is 0 Å². The number of halogens is 1. The summed E-state index contributed by atoms with van der Waals surface area (Å²) in [4.78, 5) is 5.47. The van der Waals surface area contributed by atoms with Crippen molar-refractivity contribution < 1.29 is 4.74 Å². The van der Waals surface area contributed by atoms with Crippen LogP contribution in [0.2, 0.25) is 0 Å². The molecule has 4 N–H and O–H groups in total. The summed E-state index contributed by atoms with van der Waals surface area (Å²) >= 11 is 1.66. The van der Waals surface area contributed by atoms with Gasteiger partial charge in [-0.05, 0) is 12.1 Å². The topological polar surface area (TPSA) is 88.8 Å². The Morgan fingerprint density at radius 1 is 1.43 bits per heavy atom. The fourth-order valence-corrected chi connectivity index (χ4v) is 3.05. The fourth-order valence-electron chi connectivity index (χ4n) is 1.99. The summed E-state index contributed by atoms with van der Waals surface area (Å²) in [7, 11) is 1.68. The molecule has 21 heavy (non-hydrogen) atoms. The number of fused-ring (bicyclic) bond motifs is 1. The molecule has 3 heterocycles. The molecule has 0 aliphatic heterocycles. The summed E-state index contributed by atoms with van der Waals surface area (Å²) in [5, 5.41) is 10.3. The molecule has 0 spiro atoms. The number of H-pyrrole nitrogens is 1. The first kappa shape index (κ1) is 15.6. The number of methoxy groups -OCH3 is 1. The third-order valence-electron chi connectivity index (χ3n) is 2.89. The van der Waals surface area contributed by atoms with Crippen LogP contribution >= 0.6 is 23.7 Å². The molecule has 3 aromatic heterocycles. The molecule has 0 aromatic carbocycles. The van der Waals surface area contributed by atoms with E-state index in [1.807, 2.05) is 18.2 Å². The maximum Gasteiger partial charge on any atom is 0.126 e. The number of anilines is 2. The van der Waals surface area contributed by atoms with Crippen molar-refractivity contribution in [3.8, 4) is 10.6 Å².